The van der Waals surface area contributed by atoms with Crippen LogP contribution in [0.15, 0.2) is 0 Å². The molecule has 0 aliphatic rings. The van der Waals surface area contributed by atoms with Gasteiger partial charge in [0.05, 0.1) is 16.7 Å². The highest BCUT2D eigenvalue weighted by Crippen LogP contribution is 2.31. The van der Waals surface area contributed by atoms with Crippen LogP contribution in [0.25, 0.3) is 0 Å². The molecule has 0 nitrogen and oxygen atoms in total. The third kappa shape index (κ3) is 8.96. The summed E-state index contributed by atoms with van der Waals surface area (Å²) in [6.07, 6.45) is 0. The number of rotatable bonds is 0. The molecule has 0 bridgehead atoms. The fourth-order valence-corrected chi connectivity index (χ4v) is 7.22. The van der Waals surface area contributed by atoms with Gasteiger partial charge in [0.1, 0.15) is 24.2 Å². The summed E-state index contributed by atoms with van der Waals surface area (Å²) < 4.78 is 3.53. The van der Waals surface area contributed by atoms with E-state index in [2.05, 4.69) is 161 Å². The van der Waals surface area contributed by atoms with Crippen molar-refractivity contribution in [3.63, 3.8) is 0 Å². The molecule has 0 saturated carbocycles. The lowest BCUT2D eigenvalue weighted by molar-refractivity contribution is 1.42. The Hall–Kier alpha value is 0.741. The highest BCUT2D eigenvalue weighted by atomic mass is 127. The third-order valence-electron chi connectivity index (χ3n) is 3.00. The summed E-state index contributed by atoms with van der Waals surface area (Å²) in [5.74, 6) is 10.5. The van der Waals surface area contributed by atoms with Crippen LogP contribution in [0, 0.1) is 45.1 Å². The first-order valence-electron chi connectivity index (χ1n) is 8.82. The van der Waals surface area contributed by atoms with Gasteiger partial charge in [-0.1, -0.05) is 76.7 Å². The molecule has 0 heterocycles. The summed E-state index contributed by atoms with van der Waals surface area (Å²) in [6, 6.07) is 0. The number of halogens is 3. The Labute approximate surface area is 210 Å². The van der Waals surface area contributed by atoms with E-state index >= 15 is 0 Å². The predicted octanol–water partition coefficient (Wildman–Crippen LogP) is 7.19. The largest absolute Gasteiger partial charge is 0.129 e. The second-order valence-electron chi connectivity index (χ2n) is 9.57. The monoisotopic (exact) mass is 744 g/mol. The van der Waals surface area contributed by atoms with E-state index in [1.807, 2.05) is 0 Å². The molecule has 0 aromatic heterocycles. The second kappa shape index (κ2) is 9.70. The van der Waals surface area contributed by atoms with E-state index in [0.717, 1.165) is 16.7 Å². The van der Waals surface area contributed by atoms with Crippen molar-refractivity contribution in [1.82, 2.24) is 0 Å². The molecule has 0 spiro atoms. The van der Waals surface area contributed by atoms with Crippen LogP contribution in [-0.4, -0.2) is 24.2 Å². The first-order valence-corrected chi connectivity index (χ1v) is 22.6. The normalized spacial score (nSPS) is 11.6. The Bertz CT molecular complexity index is 779. The Morgan fingerprint density at radius 3 is 0.778 bits per heavy atom. The Morgan fingerprint density at radius 1 is 0.444 bits per heavy atom. The van der Waals surface area contributed by atoms with Crippen LogP contribution in [0.5, 0.6) is 0 Å². The standard InChI is InChI=1S/C21H27I3Si3/c1-25(2,3)13-10-16-19(22)17(11-14-26(4,5)6)21(24)18(20(16)23)12-15-27(7,8)9/h1-9H3. The molecular formula is C21H27I3Si3. The van der Waals surface area contributed by atoms with E-state index < -0.39 is 24.2 Å². The zero-order valence-electron chi connectivity index (χ0n) is 17.6. The van der Waals surface area contributed by atoms with Crippen LogP contribution in [0.1, 0.15) is 16.7 Å². The molecule has 0 radical (unpaired) electrons. The van der Waals surface area contributed by atoms with Gasteiger partial charge in [-0.05, 0) is 67.8 Å². The lowest BCUT2D eigenvalue weighted by atomic mass is 10.1. The van der Waals surface area contributed by atoms with Gasteiger partial charge >= 0.3 is 0 Å². The minimum atomic E-state index is -1.46. The molecule has 27 heavy (non-hydrogen) atoms. The molecule has 0 atom stereocenters. The van der Waals surface area contributed by atoms with E-state index in [0.29, 0.717) is 0 Å². The molecular weight excluding hydrogens is 717 g/mol. The SMILES string of the molecule is C[Si](C)(C)C#Cc1c(I)c(C#C[Si](C)(C)C)c(I)c(C#C[Si](C)(C)C)c1I. The average Bonchev–Trinajstić information content (AvgIpc) is 2.43. The summed E-state index contributed by atoms with van der Waals surface area (Å²) in [5.41, 5.74) is 13.9. The second-order valence-corrected chi connectivity index (χ2v) is 27.1. The maximum Gasteiger partial charge on any atom is 0.129 e. The minimum absolute atomic E-state index is 1.11. The van der Waals surface area contributed by atoms with Crippen molar-refractivity contribution in [2.75, 3.05) is 0 Å². The lowest BCUT2D eigenvalue weighted by Gasteiger charge is -2.13. The van der Waals surface area contributed by atoms with Crippen LogP contribution in [-0.2, 0) is 0 Å². The first kappa shape index (κ1) is 25.8. The fourth-order valence-electron chi connectivity index (χ4n) is 1.74. The van der Waals surface area contributed by atoms with Crippen molar-refractivity contribution in [3.05, 3.63) is 27.4 Å². The van der Waals surface area contributed by atoms with Crippen LogP contribution in [0.3, 0.4) is 0 Å². The fraction of sp³-hybridized carbons (Fsp3) is 0.429. The molecule has 0 N–H and O–H groups in total. The van der Waals surface area contributed by atoms with Crippen molar-refractivity contribution >= 4 is 92.0 Å². The molecule has 0 aliphatic carbocycles. The number of hydrogen-bond donors (Lipinski definition) is 0. The topological polar surface area (TPSA) is 0 Å². The van der Waals surface area contributed by atoms with Crippen LogP contribution < -0.4 is 0 Å². The maximum atomic E-state index is 3.54. The molecule has 1 aromatic carbocycles. The summed E-state index contributed by atoms with van der Waals surface area (Å²) >= 11 is 7.30. The maximum absolute atomic E-state index is 3.54. The Morgan fingerprint density at radius 2 is 0.630 bits per heavy atom. The molecule has 1 aromatic rings. The zero-order chi connectivity index (χ0) is 21.2. The van der Waals surface area contributed by atoms with Crippen LogP contribution in [0.4, 0.5) is 0 Å². The molecule has 6 heteroatoms. The van der Waals surface area contributed by atoms with Gasteiger partial charge < -0.3 is 0 Å². The van der Waals surface area contributed by atoms with E-state index in [1.165, 1.54) is 10.7 Å². The van der Waals surface area contributed by atoms with Gasteiger partial charge in [-0.15, -0.1) is 16.6 Å². The van der Waals surface area contributed by atoms with Crippen molar-refractivity contribution in [2.45, 2.75) is 58.9 Å². The molecule has 1 rings (SSSR count). The first-order chi connectivity index (χ1) is 12.0. The van der Waals surface area contributed by atoms with Crippen molar-refractivity contribution in [2.24, 2.45) is 0 Å². The highest BCUT2D eigenvalue weighted by Gasteiger charge is 2.19. The van der Waals surface area contributed by atoms with Crippen molar-refractivity contribution < 1.29 is 0 Å². The third-order valence-corrected chi connectivity index (χ3v) is 8.87. The molecule has 0 aliphatic heterocycles. The molecule has 0 saturated heterocycles. The summed E-state index contributed by atoms with van der Waals surface area (Å²) in [5, 5.41) is 0. The number of hydrogen-bond acceptors (Lipinski definition) is 0. The number of benzene rings is 1. The highest BCUT2D eigenvalue weighted by molar-refractivity contribution is 14.1. The minimum Gasteiger partial charge on any atom is -0.127 e. The van der Waals surface area contributed by atoms with E-state index in [1.54, 1.807) is 0 Å². The Kier molecular flexibility index (Phi) is 9.26. The van der Waals surface area contributed by atoms with Gasteiger partial charge in [0.15, 0.2) is 0 Å². The average molecular weight is 744 g/mol. The molecule has 144 valence electrons. The predicted molar refractivity (Wildman–Crippen MR) is 155 cm³/mol. The van der Waals surface area contributed by atoms with Crippen molar-refractivity contribution in [1.29, 1.82) is 0 Å². The summed E-state index contributed by atoms with van der Waals surface area (Å²) in [6.45, 7) is 20.5. The summed E-state index contributed by atoms with van der Waals surface area (Å²) in [7, 11) is -4.38. The van der Waals surface area contributed by atoms with Gasteiger partial charge in [0.2, 0.25) is 0 Å². The van der Waals surface area contributed by atoms with Gasteiger partial charge in [-0.25, -0.2) is 0 Å². The van der Waals surface area contributed by atoms with Crippen molar-refractivity contribution in [3.8, 4) is 34.4 Å². The van der Waals surface area contributed by atoms with E-state index in [-0.39, 0.29) is 0 Å². The van der Waals surface area contributed by atoms with Gasteiger partial charge in [-0.3, -0.25) is 0 Å². The molecule has 0 fully saturated rings. The zero-order valence-corrected chi connectivity index (χ0v) is 27.1. The summed E-state index contributed by atoms with van der Waals surface area (Å²) in [4.78, 5) is 0. The molecule has 0 amide bonds. The van der Waals surface area contributed by atoms with Crippen LogP contribution in [0.2, 0.25) is 58.9 Å². The van der Waals surface area contributed by atoms with Crippen LogP contribution >= 0.6 is 67.8 Å². The Balaban J connectivity index is 3.90. The van der Waals surface area contributed by atoms with Gasteiger partial charge in [-0.2, -0.15) is 0 Å². The quantitative estimate of drug-likeness (QED) is 0.150. The van der Waals surface area contributed by atoms with E-state index in [9.17, 15) is 0 Å². The van der Waals surface area contributed by atoms with E-state index in [4.69, 9.17) is 0 Å². The van der Waals surface area contributed by atoms with Gasteiger partial charge in [0, 0.05) is 10.7 Å². The lowest BCUT2D eigenvalue weighted by Crippen LogP contribution is -2.17. The molecule has 0 unspecified atom stereocenters. The van der Waals surface area contributed by atoms with Gasteiger partial charge in [0.25, 0.3) is 0 Å². The smallest absolute Gasteiger partial charge is 0.127 e.